The molecule has 9 aromatic carbocycles. The zero-order chi connectivity index (χ0) is 44.7. The number of fused-ring (bicyclic) bond motifs is 12. The van der Waals surface area contributed by atoms with Crippen LogP contribution < -0.4 is 4.90 Å². The minimum absolute atomic E-state index is 0.159. The van der Waals surface area contributed by atoms with Crippen LogP contribution in [0.1, 0.15) is 76.8 Å². The number of benzene rings is 9. The molecule has 1 atom stereocenters. The molecule has 0 radical (unpaired) electrons. The molecule has 9 aromatic rings. The van der Waals surface area contributed by atoms with Crippen molar-refractivity contribution in [2.24, 2.45) is 0 Å². The average Bonchev–Trinajstić information content (AvgIpc) is 3.81. The van der Waals surface area contributed by atoms with E-state index in [-0.39, 0.29) is 5.41 Å². The Balaban J connectivity index is 1.09. The van der Waals surface area contributed by atoms with E-state index in [1.54, 1.807) is 0 Å². The van der Waals surface area contributed by atoms with Crippen LogP contribution in [-0.2, 0) is 23.7 Å². The summed E-state index contributed by atoms with van der Waals surface area (Å²) < 4.78 is 0. The summed E-state index contributed by atoms with van der Waals surface area (Å²) in [5.41, 5.74) is 26.8. The molecule has 1 unspecified atom stereocenters. The van der Waals surface area contributed by atoms with Gasteiger partial charge in [-0.25, -0.2) is 0 Å². The molecule has 0 N–H and O–H groups in total. The van der Waals surface area contributed by atoms with Crippen LogP contribution in [0.2, 0.25) is 0 Å². The molecule has 0 spiro atoms. The van der Waals surface area contributed by atoms with Gasteiger partial charge in [0.25, 0.3) is 0 Å². The first-order valence-electron chi connectivity index (χ1n) is 24.1. The fourth-order valence-corrected chi connectivity index (χ4v) is 12.5. The molecule has 0 aromatic heterocycles. The average molecular weight is 858 g/mol. The second-order valence-corrected chi connectivity index (χ2v) is 19.4. The molecule has 0 bridgehead atoms. The van der Waals surface area contributed by atoms with Gasteiger partial charge < -0.3 is 4.90 Å². The Kier molecular flexibility index (Phi) is 9.12. The third-order valence-electron chi connectivity index (χ3n) is 15.5. The van der Waals surface area contributed by atoms with E-state index in [1.165, 1.54) is 106 Å². The van der Waals surface area contributed by atoms with Gasteiger partial charge >= 0.3 is 0 Å². The van der Waals surface area contributed by atoms with Crippen LogP contribution in [-0.4, -0.2) is 0 Å². The predicted octanol–water partition coefficient (Wildman–Crippen LogP) is 16.9. The Bertz CT molecular complexity index is 3510. The van der Waals surface area contributed by atoms with Crippen molar-refractivity contribution >= 4 is 17.1 Å². The largest absolute Gasteiger partial charge is 0.310 e. The fourth-order valence-electron chi connectivity index (χ4n) is 12.5. The minimum atomic E-state index is -0.472. The van der Waals surface area contributed by atoms with Crippen molar-refractivity contribution in [2.75, 3.05) is 4.90 Å². The molecule has 1 nitrogen and oxygen atoms in total. The number of nitrogens with zero attached hydrogens (tertiary/aromatic N) is 1. The van der Waals surface area contributed by atoms with Crippen LogP contribution in [0.15, 0.2) is 230 Å². The van der Waals surface area contributed by atoms with Crippen molar-refractivity contribution in [3.8, 4) is 44.5 Å². The Hall–Kier alpha value is -7.74. The Morgan fingerprint density at radius 3 is 1.58 bits per heavy atom. The first-order valence-corrected chi connectivity index (χ1v) is 24.1. The van der Waals surface area contributed by atoms with Gasteiger partial charge in [0.15, 0.2) is 0 Å². The summed E-state index contributed by atoms with van der Waals surface area (Å²) in [5, 5.41) is 0. The topological polar surface area (TPSA) is 3.24 Å². The lowest BCUT2D eigenvalue weighted by atomic mass is 9.66. The summed E-state index contributed by atoms with van der Waals surface area (Å²) in [6.45, 7) is 4.79. The van der Waals surface area contributed by atoms with Crippen molar-refractivity contribution in [2.45, 2.75) is 50.4 Å². The quantitative estimate of drug-likeness (QED) is 0.167. The first kappa shape index (κ1) is 39.6. The highest BCUT2D eigenvalue weighted by Crippen LogP contribution is 2.61. The highest BCUT2D eigenvalue weighted by Gasteiger charge is 2.48. The van der Waals surface area contributed by atoms with Crippen molar-refractivity contribution in [1.29, 1.82) is 0 Å². The summed E-state index contributed by atoms with van der Waals surface area (Å²) in [7, 11) is 0. The van der Waals surface area contributed by atoms with Gasteiger partial charge in [-0.15, -0.1) is 0 Å². The van der Waals surface area contributed by atoms with E-state index in [2.05, 4.69) is 243 Å². The maximum atomic E-state index is 2.59. The number of allylic oxidation sites excluding steroid dienone is 4. The van der Waals surface area contributed by atoms with E-state index >= 15 is 0 Å². The summed E-state index contributed by atoms with van der Waals surface area (Å²) in [5.74, 6) is 0. The number of hydrogen-bond acceptors (Lipinski definition) is 1. The molecule has 0 heterocycles. The normalized spacial score (nSPS) is 16.8. The van der Waals surface area contributed by atoms with E-state index in [9.17, 15) is 0 Å². The number of rotatable bonds is 5. The molecule has 320 valence electrons. The zero-order valence-corrected chi connectivity index (χ0v) is 38.1. The molecule has 0 aliphatic heterocycles. The molecule has 0 saturated carbocycles. The molecule has 0 saturated heterocycles. The van der Waals surface area contributed by atoms with Gasteiger partial charge in [-0.3, -0.25) is 0 Å². The van der Waals surface area contributed by atoms with Gasteiger partial charge in [-0.1, -0.05) is 208 Å². The maximum absolute atomic E-state index is 2.59. The standard InChI is InChI=1S/C66H51N/c1-65(2)59-32-17-15-30-56(59)57-39-37-51(43-62(57)65)67(63-35-19-34-61-64(63)58-31-16-18-33-60(58)66(61,48-23-5-3-6-24-48)49-25-7-4-8-26-49)50-36-38-55-47(42-50)41-46-22-11-13-28-53(46)52-27-12-9-20-44(52)40-45-21-10-14-29-54(45)55/h3,5-7,9-39,42-43H,4,8,40-41H2,1-2H3. The molecule has 4 aliphatic carbocycles. The van der Waals surface area contributed by atoms with Crippen LogP contribution in [0.5, 0.6) is 0 Å². The predicted molar refractivity (Wildman–Crippen MR) is 280 cm³/mol. The SMILES string of the molecule is CC1(C)c2ccccc2-c2ccc(N(c3ccc4c(c3)Cc3ccccc3-c3ccccc3Cc3ccccc3-4)c3cccc4c3-c3ccccc3C4(C3=CCCC=C3)c3ccccc3)cc21. The molecule has 0 fully saturated rings. The summed E-state index contributed by atoms with van der Waals surface area (Å²) in [4.78, 5) is 2.59. The van der Waals surface area contributed by atoms with Crippen molar-refractivity contribution < 1.29 is 0 Å². The van der Waals surface area contributed by atoms with Crippen molar-refractivity contribution in [3.05, 3.63) is 280 Å². The molecule has 67 heavy (non-hydrogen) atoms. The van der Waals surface area contributed by atoms with E-state index in [0.29, 0.717) is 0 Å². The van der Waals surface area contributed by atoms with Crippen LogP contribution >= 0.6 is 0 Å². The number of anilines is 3. The monoisotopic (exact) mass is 857 g/mol. The smallest absolute Gasteiger partial charge is 0.0711 e. The van der Waals surface area contributed by atoms with Gasteiger partial charge in [0.1, 0.15) is 0 Å². The maximum Gasteiger partial charge on any atom is 0.0711 e. The zero-order valence-electron chi connectivity index (χ0n) is 38.1. The summed E-state index contributed by atoms with van der Waals surface area (Å²) >= 11 is 0. The highest BCUT2D eigenvalue weighted by atomic mass is 15.1. The van der Waals surface area contributed by atoms with Crippen LogP contribution in [0.25, 0.3) is 44.5 Å². The third-order valence-corrected chi connectivity index (χ3v) is 15.5. The third kappa shape index (κ3) is 6.00. The lowest BCUT2D eigenvalue weighted by molar-refractivity contribution is 0.660. The summed E-state index contributed by atoms with van der Waals surface area (Å²) in [6.07, 6.45) is 11.0. The minimum Gasteiger partial charge on any atom is -0.310 e. The Morgan fingerprint density at radius 1 is 0.388 bits per heavy atom. The van der Waals surface area contributed by atoms with Gasteiger partial charge in [-0.2, -0.15) is 0 Å². The fraction of sp³-hybridized carbons (Fsp3) is 0.121. The highest BCUT2D eigenvalue weighted by molar-refractivity contribution is 5.98. The van der Waals surface area contributed by atoms with Crippen LogP contribution in [0, 0.1) is 0 Å². The van der Waals surface area contributed by atoms with Crippen molar-refractivity contribution in [1.82, 2.24) is 0 Å². The summed E-state index contributed by atoms with van der Waals surface area (Å²) in [6, 6.07) is 78.3. The molecular formula is C66H51N. The lowest BCUT2D eigenvalue weighted by Crippen LogP contribution is -2.29. The molecule has 13 rings (SSSR count). The van der Waals surface area contributed by atoms with Crippen LogP contribution in [0.4, 0.5) is 17.1 Å². The lowest BCUT2D eigenvalue weighted by Gasteiger charge is -2.36. The Labute approximate surface area is 395 Å². The van der Waals surface area contributed by atoms with E-state index < -0.39 is 5.41 Å². The second-order valence-electron chi connectivity index (χ2n) is 19.4. The first-order chi connectivity index (χ1) is 33.0. The van der Waals surface area contributed by atoms with E-state index in [0.717, 1.165) is 37.1 Å². The van der Waals surface area contributed by atoms with Crippen molar-refractivity contribution in [3.63, 3.8) is 0 Å². The second kappa shape index (κ2) is 15.4. The number of hydrogen-bond donors (Lipinski definition) is 0. The van der Waals surface area contributed by atoms with Gasteiger partial charge in [0.05, 0.1) is 11.1 Å². The van der Waals surface area contributed by atoms with Gasteiger partial charge in [0.2, 0.25) is 0 Å². The molecule has 0 amide bonds. The molecule has 4 aliphatic rings. The van der Waals surface area contributed by atoms with E-state index in [1.807, 2.05) is 0 Å². The van der Waals surface area contributed by atoms with E-state index in [4.69, 9.17) is 0 Å². The van der Waals surface area contributed by atoms with Crippen LogP contribution in [0.3, 0.4) is 0 Å². The van der Waals surface area contributed by atoms with Gasteiger partial charge in [-0.05, 0) is 151 Å². The molecular weight excluding hydrogens is 807 g/mol. The Morgan fingerprint density at radius 2 is 0.910 bits per heavy atom. The van der Waals surface area contributed by atoms with Gasteiger partial charge in [0, 0.05) is 22.4 Å². The molecule has 1 heteroatoms.